The molecule has 0 radical (unpaired) electrons. The molecule has 0 saturated heterocycles. The normalized spacial score (nSPS) is 13.8. The van der Waals surface area contributed by atoms with Gasteiger partial charge in [0.2, 0.25) is 0 Å². The van der Waals surface area contributed by atoms with Gasteiger partial charge in [0.1, 0.15) is 5.37 Å². The Hall–Kier alpha value is -5.81. The molecule has 0 spiro atoms. The van der Waals surface area contributed by atoms with Crippen molar-refractivity contribution in [2.45, 2.75) is 10.3 Å². The molecule has 0 amide bonds. The van der Waals surface area contributed by atoms with Crippen LogP contribution < -0.4 is 10.2 Å². The van der Waals surface area contributed by atoms with Gasteiger partial charge in [-0.1, -0.05) is 145 Å². The van der Waals surface area contributed by atoms with E-state index in [1.807, 2.05) is 23.1 Å². The number of nitrogens with one attached hydrogen (secondary N) is 1. The van der Waals surface area contributed by atoms with Crippen molar-refractivity contribution in [3.05, 3.63) is 188 Å². The van der Waals surface area contributed by atoms with Crippen LogP contribution in [0.3, 0.4) is 0 Å². The summed E-state index contributed by atoms with van der Waals surface area (Å²) < 4.78 is 2.58. The van der Waals surface area contributed by atoms with E-state index in [2.05, 4.69) is 192 Å². The molecule has 1 aliphatic heterocycles. The zero-order chi connectivity index (χ0) is 33.7. The maximum Gasteiger partial charge on any atom is 0.103 e. The lowest BCUT2D eigenvalue weighted by atomic mass is 9.98. The van der Waals surface area contributed by atoms with E-state index >= 15 is 0 Å². The average Bonchev–Trinajstić information content (AvgIpc) is 3.79. The fourth-order valence-electron chi connectivity index (χ4n) is 7.44. The molecular weight excluding hydrogens is 657 g/mol. The van der Waals surface area contributed by atoms with Crippen LogP contribution in [0, 0.1) is 0 Å². The van der Waals surface area contributed by atoms with E-state index in [0.29, 0.717) is 0 Å². The van der Waals surface area contributed by atoms with Crippen LogP contribution in [0.15, 0.2) is 187 Å². The zero-order valence-corrected chi connectivity index (χ0v) is 29.3. The highest BCUT2D eigenvalue weighted by atomic mass is 32.2. The van der Waals surface area contributed by atoms with E-state index in [1.165, 1.54) is 75.0 Å². The van der Waals surface area contributed by atoms with Crippen LogP contribution in [0.1, 0.15) is 10.9 Å². The van der Waals surface area contributed by atoms with E-state index in [1.54, 1.807) is 0 Å². The van der Waals surface area contributed by atoms with E-state index in [-0.39, 0.29) is 5.37 Å². The van der Waals surface area contributed by atoms with Crippen molar-refractivity contribution >= 4 is 76.8 Å². The maximum absolute atomic E-state index is 3.78. The van der Waals surface area contributed by atoms with Crippen molar-refractivity contribution in [2.75, 3.05) is 10.2 Å². The van der Waals surface area contributed by atoms with Crippen LogP contribution in [-0.2, 0) is 0 Å². The number of hydrogen-bond acceptors (Lipinski definition) is 4. The van der Waals surface area contributed by atoms with Gasteiger partial charge in [0.25, 0.3) is 0 Å². The minimum absolute atomic E-state index is 0.211. The molecule has 1 aromatic heterocycles. The highest BCUT2D eigenvalue weighted by molar-refractivity contribution is 8.00. The summed E-state index contributed by atoms with van der Waals surface area (Å²) in [4.78, 5) is 3.73. The van der Waals surface area contributed by atoms with E-state index in [9.17, 15) is 0 Å². The fourth-order valence-corrected chi connectivity index (χ4v) is 9.75. The first-order valence-electron chi connectivity index (χ1n) is 17.3. The number of fused-ring (bicyclic) bond motifs is 5. The number of thioether (sulfide) groups is 1. The van der Waals surface area contributed by atoms with Crippen LogP contribution in [0.5, 0.6) is 0 Å². The van der Waals surface area contributed by atoms with Gasteiger partial charge in [0, 0.05) is 36.4 Å². The molecule has 1 unspecified atom stereocenters. The van der Waals surface area contributed by atoms with Crippen molar-refractivity contribution in [3.63, 3.8) is 0 Å². The molecule has 1 atom stereocenters. The monoisotopic (exact) mass is 688 g/mol. The largest absolute Gasteiger partial charge is 0.368 e. The first-order chi connectivity index (χ1) is 25.3. The number of anilines is 4. The topological polar surface area (TPSA) is 15.3 Å². The van der Waals surface area contributed by atoms with Crippen LogP contribution in [0.25, 0.3) is 53.2 Å². The zero-order valence-electron chi connectivity index (χ0n) is 27.7. The molecule has 0 bridgehead atoms. The smallest absolute Gasteiger partial charge is 0.103 e. The SMILES string of the molecule is c1ccc(-c2ccc(N(c3ccc(-c4cccc5ccccc45)cc3)c3cccc4sc5cc6c(cc5c34)SC(c3ccccc3)N6)cc2)cc1. The molecule has 242 valence electrons. The van der Waals surface area contributed by atoms with Gasteiger partial charge in [-0.15, -0.1) is 11.3 Å². The molecule has 4 heteroatoms. The third-order valence-corrected chi connectivity index (χ3v) is 12.2. The number of hydrogen-bond donors (Lipinski definition) is 1. The van der Waals surface area contributed by atoms with Crippen LogP contribution in [-0.4, -0.2) is 0 Å². The highest BCUT2D eigenvalue weighted by Crippen LogP contribution is 2.52. The summed E-state index contributed by atoms with van der Waals surface area (Å²) >= 11 is 3.77. The first-order valence-corrected chi connectivity index (χ1v) is 19.0. The predicted molar refractivity (Wildman–Crippen MR) is 221 cm³/mol. The van der Waals surface area contributed by atoms with E-state index < -0.39 is 0 Å². The number of nitrogens with zero attached hydrogens (tertiary/aromatic N) is 1. The van der Waals surface area contributed by atoms with Gasteiger partial charge in [0.15, 0.2) is 0 Å². The second-order valence-electron chi connectivity index (χ2n) is 13.0. The van der Waals surface area contributed by atoms with E-state index in [0.717, 1.165) is 11.4 Å². The van der Waals surface area contributed by atoms with Gasteiger partial charge in [-0.05, 0) is 87.1 Å². The number of benzene rings is 8. The first kappa shape index (κ1) is 30.1. The standard InChI is InChI=1S/C47H32N2S2/c1-3-11-31(12-4-1)32-21-25-36(26-22-32)49(37-27-23-34(24-28-37)39-18-9-16-33-13-7-8-17-38(33)39)42-19-10-20-43-46(42)40-29-45-41(30-44(40)50-43)48-47(51-45)35-14-5-2-6-15-35/h1-30,47-48H. The molecule has 8 aromatic carbocycles. The Morgan fingerprint density at radius 1 is 0.490 bits per heavy atom. The van der Waals surface area contributed by atoms with Gasteiger partial charge in [0.05, 0.1) is 11.4 Å². The Morgan fingerprint density at radius 2 is 1.14 bits per heavy atom. The summed E-state index contributed by atoms with van der Waals surface area (Å²) in [5.41, 5.74) is 10.8. The molecule has 0 saturated carbocycles. The molecule has 0 fully saturated rings. The van der Waals surface area contributed by atoms with Gasteiger partial charge < -0.3 is 10.2 Å². The van der Waals surface area contributed by atoms with Crippen molar-refractivity contribution in [3.8, 4) is 22.3 Å². The van der Waals surface area contributed by atoms with Crippen molar-refractivity contribution in [1.82, 2.24) is 0 Å². The predicted octanol–water partition coefficient (Wildman–Crippen LogP) is 14.2. The summed E-state index contributed by atoms with van der Waals surface area (Å²) in [6, 6.07) is 66.2. The molecule has 51 heavy (non-hydrogen) atoms. The minimum Gasteiger partial charge on any atom is -0.368 e. The van der Waals surface area contributed by atoms with Gasteiger partial charge in [-0.25, -0.2) is 0 Å². The summed E-state index contributed by atoms with van der Waals surface area (Å²) in [7, 11) is 0. The van der Waals surface area contributed by atoms with Gasteiger partial charge in [-0.3, -0.25) is 0 Å². The summed E-state index contributed by atoms with van der Waals surface area (Å²) in [6.07, 6.45) is 0. The highest BCUT2D eigenvalue weighted by Gasteiger charge is 2.26. The number of rotatable bonds is 6. The molecular formula is C47H32N2S2. The quantitative estimate of drug-likeness (QED) is 0.187. The lowest BCUT2D eigenvalue weighted by molar-refractivity contribution is 1.14. The molecule has 0 aliphatic carbocycles. The van der Waals surface area contributed by atoms with Gasteiger partial charge >= 0.3 is 0 Å². The van der Waals surface area contributed by atoms with Gasteiger partial charge in [-0.2, -0.15) is 0 Å². The minimum atomic E-state index is 0.211. The maximum atomic E-state index is 3.78. The van der Waals surface area contributed by atoms with Crippen molar-refractivity contribution in [1.29, 1.82) is 0 Å². The molecule has 2 heterocycles. The number of thiophene rings is 1. The lowest BCUT2D eigenvalue weighted by Gasteiger charge is -2.27. The average molecular weight is 689 g/mol. The molecule has 1 aliphatic rings. The molecule has 1 N–H and O–H groups in total. The second-order valence-corrected chi connectivity index (χ2v) is 15.2. The Morgan fingerprint density at radius 3 is 1.92 bits per heavy atom. The Balaban J connectivity index is 1.11. The third-order valence-electron chi connectivity index (χ3n) is 9.91. The van der Waals surface area contributed by atoms with E-state index in [4.69, 9.17) is 0 Å². The Labute approximate surface area is 305 Å². The fraction of sp³-hybridized carbons (Fsp3) is 0.0213. The summed E-state index contributed by atoms with van der Waals surface area (Å²) in [5.74, 6) is 0. The Kier molecular flexibility index (Phi) is 7.37. The summed E-state index contributed by atoms with van der Waals surface area (Å²) in [5, 5.41) is 9.10. The third kappa shape index (κ3) is 5.36. The van der Waals surface area contributed by atoms with Crippen LogP contribution in [0.2, 0.25) is 0 Å². The van der Waals surface area contributed by atoms with Crippen molar-refractivity contribution < 1.29 is 0 Å². The Bertz CT molecular complexity index is 2680. The van der Waals surface area contributed by atoms with Crippen molar-refractivity contribution in [2.24, 2.45) is 0 Å². The van der Waals surface area contributed by atoms with Crippen LogP contribution in [0.4, 0.5) is 22.7 Å². The summed E-state index contributed by atoms with van der Waals surface area (Å²) in [6.45, 7) is 0. The second kappa shape index (κ2) is 12.5. The molecule has 9 aromatic rings. The lowest BCUT2D eigenvalue weighted by Crippen LogP contribution is -2.10. The molecule has 10 rings (SSSR count). The molecule has 2 nitrogen and oxygen atoms in total. The van der Waals surface area contributed by atoms with Crippen LogP contribution >= 0.6 is 23.1 Å².